The summed E-state index contributed by atoms with van der Waals surface area (Å²) in [5.41, 5.74) is 2.19. The SMILES string of the molecule is COc1ccc(C2=N/C(=C\c3ccc(OS(=O)(=O)c4ccc(C)cc4)c(OC)c3)C(=O)O2)cc1. The molecule has 174 valence electrons. The topological polar surface area (TPSA) is 100 Å². The minimum Gasteiger partial charge on any atom is -0.497 e. The monoisotopic (exact) mass is 479 g/mol. The Balaban J connectivity index is 1.59. The lowest BCUT2D eigenvalue weighted by atomic mass is 10.1. The van der Waals surface area contributed by atoms with Crippen LogP contribution in [0.1, 0.15) is 16.7 Å². The van der Waals surface area contributed by atoms with Gasteiger partial charge in [0, 0.05) is 5.56 Å². The average molecular weight is 480 g/mol. The Morgan fingerprint density at radius 1 is 0.882 bits per heavy atom. The van der Waals surface area contributed by atoms with Crippen LogP contribution in [-0.4, -0.2) is 34.5 Å². The average Bonchev–Trinajstić information content (AvgIpc) is 3.20. The number of nitrogens with zero attached hydrogens (tertiary/aromatic N) is 1. The molecule has 0 amide bonds. The van der Waals surface area contributed by atoms with E-state index in [1.54, 1.807) is 55.6 Å². The first kappa shape index (κ1) is 23.1. The molecule has 0 aromatic heterocycles. The maximum Gasteiger partial charge on any atom is 0.363 e. The van der Waals surface area contributed by atoms with Gasteiger partial charge in [0.25, 0.3) is 0 Å². The number of hydrogen-bond acceptors (Lipinski definition) is 8. The Morgan fingerprint density at radius 3 is 2.24 bits per heavy atom. The van der Waals surface area contributed by atoms with Gasteiger partial charge in [-0.2, -0.15) is 8.42 Å². The van der Waals surface area contributed by atoms with Crippen LogP contribution in [0.3, 0.4) is 0 Å². The summed E-state index contributed by atoms with van der Waals surface area (Å²) in [6, 6.07) is 17.8. The third-order valence-corrected chi connectivity index (χ3v) is 6.21. The minimum atomic E-state index is -4.05. The van der Waals surface area contributed by atoms with Gasteiger partial charge in [-0.25, -0.2) is 9.79 Å². The van der Waals surface area contributed by atoms with Crippen molar-refractivity contribution in [3.8, 4) is 17.2 Å². The van der Waals surface area contributed by atoms with Gasteiger partial charge in [-0.05, 0) is 67.1 Å². The highest BCUT2D eigenvalue weighted by Crippen LogP contribution is 2.32. The molecule has 1 aliphatic rings. The number of esters is 1. The van der Waals surface area contributed by atoms with Gasteiger partial charge >= 0.3 is 16.1 Å². The number of hydrogen-bond donors (Lipinski definition) is 0. The zero-order valence-electron chi connectivity index (χ0n) is 18.6. The van der Waals surface area contributed by atoms with E-state index in [9.17, 15) is 13.2 Å². The molecular formula is C25H21NO7S. The van der Waals surface area contributed by atoms with E-state index in [-0.39, 0.29) is 28.0 Å². The normalized spacial score (nSPS) is 14.5. The smallest absolute Gasteiger partial charge is 0.363 e. The molecule has 1 aliphatic heterocycles. The van der Waals surface area contributed by atoms with Crippen LogP contribution in [-0.2, 0) is 19.6 Å². The molecule has 9 heteroatoms. The van der Waals surface area contributed by atoms with Crippen LogP contribution >= 0.6 is 0 Å². The van der Waals surface area contributed by atoms with Crippen molar-refractivity contribution in [3.05, 3.63) is 89.1 Å². The quantitative estimate of drug-likeness (QED) is 0.285. The van der Waals surface area contributed by atoms with Crippen molar-refractivity contribution < 1.29 is 31.6 Å². The van der Waals surface area contributed by atoms with Crippen molar-refractivity contribution in [3.63, 3.8) is 0 Å². The molecule has 0 fully saturated rings. The maximum atomic E-state index is 12.6. The van der Waals surface area contributed by atoms with E-state index < -0.39 is 16.1 Å². The first-order valence-corrected chi connectivity index (χ1v) is 11.6. The van der Waals surface area contributed by atoms with Gasteiger partial charge in [-0.1, -0.05) is 23.8 Å². The third-order valence-electron chi connectivity index (χ3n) is 4.96. The predicted octanol–water partition coefficient (Wildman–Crippen LogP) is 4.12. The van der Waals surface area contributed by atoms with Crippen LogP contribution < -0.4 is 13.7 Å². The molecule has 3 aromatic carbocycles. The number of carbonyl (C=O) groups excluding carboxylic acids is 1. The second kappa shape index (κ2) is 9.40. The predicted molar refractivity (Wildman–Crippen MR) is 126 cm³/mol. The summed E-state index contributed by atoms with van der Waals surface area (Å²) < 4.78 is 46.2. The Hall–Kier alpha value is -4.11. The standard InChI is InChI=1S/C25H21NO7S/c1-16-4-11-20(12-5-16)34(28,29)33-22-13-6-17(15-23(22)31-3)14-21-25(27)32-24(26-21)18-7-9-19(30-2)10-8-18/h4-15H,1-3H3/b21-14-. The Labute approximate surface area is 197 Å². The third kappa shape index (κ3) is 4.94. The van der Waals surface area contributed by atoms with Gasteiger partial charge in [0.1, 0.15) is 10.6 Å². The first-order valence-electron chi connectivity index (χ1n) is 10.2. The van der Waals surface area contributed by atoms with Crippen LogP contribution in [0.15, 0.2) is 82.3 Å². The molecule has 0 aliphatic carbocycles. The highest BCUT2D eigenvalue weighted by atomic mass is 32.2. The van der Waals surface area contributed by atoms with Crippen molar-refractivity contribution in [2.75, 3.05) is 14.2 Å². The molecule has 0 unspecified atom stereocenters. The molecule has 0 saturated carbocycles. The van der Waals surface area contributed by atoms with Crippen LogP contribution in [0.25, 0.3) is 6.08 Å². The Morgan fingerprint density at radius 2 is 1.59 bits per heavy atom. The van der Waals surface area contributed by atoms with Crippen molar-refractivity contribution in [2.45, 2.75) is 11.8 Å². The van der Waals surface area contributed by atoms with Gasteiger partial charge in [-0.15, -0.1) is 0 Å². The highest BCUT2D eigenvalue weighted by Gasteiger charge is 2.25. The number of ether oxygens (including phenoxy) is 3. The number of benzene rings is 3. The number of aliphatic imine (C=N–C) groups is 1. The molecule has 0 atom stereocenters. The van der Waals surface area contributed by atoms with E-state index in [2.05, 4.69) is 4.99 Å². The molecule has 0 N–H and O–H groups in total. The van der Waals surface area contributed by atoms with E-state index >= 15 is 0 Å². The molecule has 0 radical (unpaired) electrons. The van der Waals surface area contributed by atoms with Gasteiger partial charge in [0.2, 0.25) is 5.90 Å². The number of aryl methyl sites for hydroxylation is 1. The second-order valence-corrected chi connectivity index (χ2v) is 8.87. The number of rotatable bonds is 7. The molecule has 1 heterocycles. The Bertz CT molecular complexity index is 1390. The largest absolute Gasteiger partial charge is 0.497 e. The summed E-state index contributed by atoms with van der Waals surface area (Å²) in [5, 5.41) is 0. The van der Waals surface area contributed by atoms with E-state index in [4.69, 9.17) is 18.4 Å². The molecule has 3 aromatic rings. The first-order chi connectivity index (χ1) is 16.3. The van der Waals surface area contributed by atoms with Crippen molar-refractivity contribution in [2.24, 2.45) is 4.99 Å². The van der Waals surface area contributed by atoms with Gasteiger partial charge in [-0.3, -0.25) is 0 Å². The fourth-order valence-corrected chi connectivity index (χ4v) is 4.08. The van der Waals surface area contributed by atoms with Crippen LogP contribution in [0, 0.1) is 6.92 Å². The van der Waals surface area contributed by atoms with Gasteiger partial charge in [0.15, 0.2) is 17.2 Å². The van der Waals surface area contributed by atoms with E-state index in [0.29, 0.717) is 16.9 Å². The fraction of sp³-hybridized carbons (Fsp3) is 0.120. The lowest BCUT2D eigenvalue weighted by Crippen LogP contribution is -2.10. The summed E-state index contributed by atoms with van der Waals surface area (Å²) in [4.78, 5) is 16.6. The van der Waals surface area contributed by atoms with Gasteiger partial charge in [0.05, 0.1) is 14.2 Å². The van der Waals surface area contributed by atoms with Crippen molar-refractivity contribution in [1.82, 2.24) is 0 Å². The summed E-state index contributed by atoms with van der Waals surface area (Å²) >= 11 is 0. The van der Waals surface area contributed by atoms with Crippen molar-refractivity contribution in [1.29, 1.82) is 0 Å². The van der Waals surface area contributed by atoms with Crippen LogP contribution in [0.2, 0.25) is 0 Å². The zero-order chi connectivity index (χ0) is 24.3. The molecule has 0 saturated heterocycles. The Kier molecular flexibility index (Phi) is 6.38. The molecule has 0 bridgehead atoms. The molecule has 8 nitrogen and oxygen atoms in total. The number of cyclic esters (lactones) is 1. The van der Waals surface area contributed by atoms with Crippen LogP contribution in [0.5, 0.6) is 17.2 Å². The van der Waals surface area contributed by atoms with E-state index in [1.807, 2.05) is 6.92 Å². The van der Waals surface area contributed by atoms with Crippen LogP contribution in [0.4, 0.5) is 0 Å². The van der Waals surface area contributed by atoms with E-state index in [0.717, 1.165) is 5.56 Å². The molecule has 34 heavy (non-hydrogen) atoms. The lowest BCUT2D eigenvalue weighted by molar-refractivity contribution is -0.129. The minimum absolute atomic E-state index is 0.0154. The highest BCUT2D eigenvalue weighted by molar-refractivity contribution is 7.87. The summed E-state index contributed by atoms with van der Waals surface area (Å²) in [6.45, 7) is 1.86. The lowest BCUT2D eigenvalue weighted by Gasteiger charge is -2.11. The van der Waals surface area contributed by atoms with Gasteiger partial charge < -0.3 is 18.4 Å². The maximum absolute atomic E-state index is 12.6. The fourth-order valence-electron chi connectivity index (χ4n) is 3.14. The second-order valence-electron chi connectivity index (χ2n) is 7.33. The molecule has 4 rings (SSSR count). The van der Waals surface area contributed by atoms with E-state index in [1.165, 1.54) is 31.4 Å². The summed E-state index contributed by atoms with van der Waals surface area (Å²) in [5.74, 6) is 0.433. The molecule has 0 spiro atoms. The number of carbonyl (C=O) groups is 1. The number of methoxy groups -OCH3 is 2. The summed E-state index contributed by atoms with van der Waals surface area (Å²) in [7, 11) is -1.10. The zero-order valence-corrected chi connectivity index (χ0v) is 19.5. The van der Waals surface area contributed by atoms with Crippen molar-refractivity contribution >= 4 is 28.1 Å². The summed E-state index contributed by atoms with van der Waals surface area (Å²) in [6.07, 6.45) is 1.51. The molecular weight excluding hydrogens is 458 g/mol.